The molecular formula is C32H42N2O6. The lowest BCUT2D eigenvalue weighted by atomic mass is 9.41. The Bertz CT molecular complexity index is 1220. The van der Waals surface area contributed by atoms with Gasteiger partial charge in [-0.1, -0.05) is 37.3 Å². The van der Waals surface area contributed by atoms with Crippen molar-refractivity contribution < 1.29 is 29.6 Å². The SMILES string of the molecule is C[C@]12CC[C@H]3[C@@H](CC[C@]4(O)C[C@H](O)CC[C@]34/C=N\NC(=O)CCc3ccccc3)[C@]1(O)CC[C@@H]2C1=CC(=O)OC1. The maximum Gasteiger partial charge on any atom is 0.331 e. The van der Waals surface area contributed by atoms with Crippen molar-refractivity contribution in [2.75, 3.05) is 6.61 Å². The van der Waals surface area contributed by atoms with Crippen LogP contribution in [0.5, 0.6) is 0 Å². The van der Waals surface area contributed by atoms with Gasteiger partial charge in [0.25, 0.3) is 0 Å². The van der Waals surface area contributed by atoms with Crippen LogP contribution in [-0.4, -0.2) is 57.3 Å². The van der Waals surface area contributed by atoms with E-state index in [1.54, 1.807) is 12.3 Å². The van der Waals surface area contributed by atoms with Gasteiger partial charge in [0, 0.05) is 36.0 Å². The standard InChI is InChI=1S/C32H42N2O6/c1-29-13-10-25-26(32(29,39)16-12-24(29)22-17-28(37)40-19-22)11-15-31(38)18-23(35)9-14-30(25,31)20-33-34-27(36)8-7-21-5-3-2-4-6-21/h2-6,17,20,23-26,35,38-39H,7-16,18-19H2,1H3,(H,34,36)/b33-20-/t23-,24-,25+,26-,29-,30+,31+,32-/m1/s1. The van der Waals surface area contributed by atoms with Crippen molar-refractivity contribution >= 4 is 18.1 Å². The molecule has 8 atom stereocenters. The molecule has 4 fully saturated rings. The summed E-state index contributed by atoms with van der Waals surface area (Å²) < 4.78 is 5.24. The number of hydrogen-bond donors (Lipinski definition) is 4. The van der Waals surface area contributed by atoms with E-state index < -0.39 is 22.7 Å². The zero-order valence-corrected chi connectivity index (χ0v) is 23.3. The molecule has 0 radical (unpaired) electrons. The Balaban J connectivity index is 1.25. The highest BCUT2D eigenvalue weighted by molar-refractivity contribution is 5.85. The lowest BCUT2D eigenvalue weighted by Gasteiger charge is -2.65. The number of aliphatic hydroxyl groups excluding tert-OH is 1. The van der Waals surface area contributed by atoms with Crippen LogP contribution in [0.4, 0.5) is 0 Å². The smallest absolute Gasteiger partial charge is 0.331 e. The Labute approximate surface area is 235 Å². The van der Waals surface area contributed by atoms with Crippen LogP contribution in [0.3, 0.4) is 0 Å². The van der Waals surface area contributed by atoms with Gasteiger partial charge >= 0.3 is 5.97 Å². The molecule has 0 spiro atoms. The van der Waals surface area contributed by atoms with E-state index in [9.17, 15) is 24.9 Å². The van der Waals surface area contributed by atoms with Crippen LogP contribution in [-0.2, 0) is 20.7 Å². The highest BCUT2D eigenvalue weighted by Gasteiger charge is 2.71. The van der Waals surface area contributed by atoms with Crippen LogP contribution in [0.2, 0.25) is 0 Å². The van der Waals surface area contributed by atoms with Crippen LogP contribution in [0.15, 0.2) is 47.1 Å². The molecule has 4 N–H and O–H groups in total. The fourth-order valence-electron chi connectivity index (χ4n) is 9.54. The van der Waals surface area contributed by atoms with Gasteiger partial charge in [0.1, 0.15) is 6.61 Å². The molecule has 0 bridgehead atoms. The average molecular weight is 551 g/mol. The number of ether oxygens (including phenoxy) is 1. The van der Waals surface area contributed by atoms with Gasteiger partial charge in [-0.25, -0.2) is 10.2 Å². The van der Waals surface area contributed by atoms with E-state index in [1.807, 2.05) is 30.3 Å². The molecule has 1 aromatic carbocycles. The van der Waals surface area contributed by atoms with Crippen molar-refractivity contribution in [3.05, 3.63) is 47.5 Å². The molecule has 0 aromatic heterocycles. The molecule has 4 aliphatic carbocycles. The number of nitrogens with one attached hydrogen (secondary N) is 1. The maximum absolute atomic E-state index is 12.7. The molecule has 8 nitrogen and oxygen atoms in total. The van der Waals surface area contributed by atoms with E-state index in [0.717, 1.165) is 30.4 Å². The Hall–Kier alpha value is -2.55. The molecule has 4 saturated carbocycles. The third-order valence-electron chi connectivity index (χ3n) is 11.6. The number of benzene rings is 1. The fraction of sp³-hybridized carbons (Fsp3) is 0.656. The molecule has 5 aliphatic rings. The number of amides is 1. The largest absolute Gasteiger partial charge is 0.458 e. The second-order valence-corrected chi connectivity index (χ2v) is 13.3. The third kappa shape index (κ3) is 4.25. The first kappa shape index (κ1) is 27.6. The molecule has 8 heteroatoms. The summed E-state index contributed by atoms with van der Waals surface area (Å²) in [5, 5.41) is 39.6. The van der Waals surface area contributed by atoms with Crippen molar-refractivity contribution in [3.8, 4) is 0 Å². The van der Waals surface area contributed by atoms with Crippen LogP contribution < -0.4 is 5.43 Å². The number of esters is 1. The van der Waals surface area contributed by atoms with E-state index in [1.165, 1.54) is 0 Å². The first-order valence-electron chi connectivity index (χ1n) is 15.0. The summed E-state index contributed by atoms with van der Waals surface area (Å²) >= 11 is 0. The topological polar surface area (TPSA) is 128 Å². The molecule has 1 aliphatic heterocycles. The number of carbonyl (C=O) groups excluding carboxylic acids is 2. The van der Waals surface area contributed by atoms with Gasteiger partial charge in [0.2, 0.25) is 5.91 Å². The molecule has 1 heterocycles. The van der Waals surface area contributed by atoms with E-state index in [2.05, 4.69) is 17.5 Å². The summed E-state index contributed by atoms with van der Waals surface area (Å²) in [5.41, 5.74) is 1.55. The van der Waals surface area contributed by atoms with E-state index >= 15 is 0 Å². The van der Waals surface area contributed by atoms with Crippen molar-refractivity contribution in [2.45, 2.75) is 94.9 Å². The van der Waals surface area contributed by atoms with Crippen molar-refractivity contribution in [3.63, 3.8) is 0 Å². The Morgan fingerprint density at radius 2 is 1.85 bits per heavy atom. The number of aliphatic hydroxyl groups is 3. The predicted octanol–water partition coefficient (Wildman–Crippen LogP) is 3.43. The van der Waals surface area contributed by atoms with Crippen LogP contribution in [0.1, 0.15) is 76.7 Å². The second kappa shape index (κ2) is 10.1. The van der Waals surface area contributed by atoms with E-state index in [4.69, 9.17) is 4.74 Å². The molecule has 0 unspecified atom stereocenters. The Kier molecular flexibility index (Phi) is 6.95. The minimum atomic E-state index is -1.15. The quantitative estimate of drug-likeness (QED) is 0.244. The van der Waals surface area contributed by atoms with E-state index in [-0.39, 0.29) is 41.5 Å². The lowest BCUT2D eigenvalue weighted by molar-refractivity contribution is -0.237. The summed E-state index contributed by atoms with van der Waals surface area (Å²) in [7, 11) is 0. The monoisotopic (exact) mass is 550 g/mol. The minimum Gasteiger partial charge on any atom is -0.458 e. The summed E-state index contributed by atoms with van der Waals surface area (Å²) in [5.74, 6) is -0.473. The van der Waals surface area contributed by atoms with Gasteiger partial charge in [-0.15, -0.1) is 0 Å². The molecule has 6 rings (SSSR count). The maximum atomic E-state index is 12.7. The van der Waals surface area contributed by atoms with Crippen molar-refractivity contribution in [1.82, 2.24) is 5.43 Å². The van der Waals surface area contributed by atoms with Gasteiger partial charge in [-0.2, -0.15) is 5.10 Å². The minimum absolute atomic E-state index is 0.0315. The van der Waals surface area contributed by atoms with Crippen LogP contribution in [0, 0.1) is 28.6 Å². The summed E-state index contributed by atoms with van der Waals surface area (Å²) in [6, 6.07) is 9.85. The van der Waals surface area contributed by atoms with Gasteiger partial charge in [-0.3, -0.25) is 4.79 Å². The number of hydrogen-bond acceptors (Lipinski definition) is 7. The zero-order valence-electron chi connectivity index (χ0n) is 23.3. The number of cyclic esters (lactones) is 1. The van der Waals surface area contributed by atoms with Crippen LogP contribution >= 0.6 is 0 Å². The fourth-order valence-corrected chi connectivity index (χ4v) is 9.54. The molecular weight excluding hydrogens is 508 g/mol. The third-order valence-corrected chi connectivity index (χ3v) is 11.6. The number of fused-ring (bicyclic) bond motifs is 5. The zero-order chi connectivity index (χ0) is 28.2. The van der Waals surface area contributed by atoms with Crippen molar-refractivity contribution in [2.24, 2.45) is 33.7 Å². The lowest BCUT2D eigenvalue weighted by Crippen LogP contribution is -2.68. The number of carbonyl (C=O) groups is 2. The highest BCUT2D eigenvalue weighted by Crippen LogP contribution is 2.70. The second-order valence-electron chi connectivity index (χ2n) is 13.3. The van der Waals surface area contributed by atoms with Gasteiger partial charge in [0.05, 0.1) is 17.3 Å². The molecule has 216 valence electrons. The van der Waals surface area contributed by atoms with E-state index in [0.29, 0.717) is 51.6 Å². The molecule has 40 heavy (non-hydrogen) atoms. The summed E-state index contributed by atoms with van der Waals surface area (Å²) in [6.45, 7) is 2.48. The number of hydrazone groups is 1. The van der Waals surface area contributed by atoms with Crippen LogP contribution in [0.25, 0.3) is 0 Å². The number of nitrogens with zero attached hydrogens (tertiary/aromatic N) is 1. The molecule has 1 aromatic rings. The first-order valence-corrected chi connectivity index (χ1v) is 15.0. The highest BCUT2D eigenvalue weighted by atomic mass is 16.5. The van der Waals surface area contributed by atoms with Crippen molar-refractivity contribution in [1.29, 1.82) is 0 Å². The average Bonchev–Trinajstić information content (AvgIpc) is 3.48. The molecule has 0 saturated heterocycles. The number of aryl methyl sites for hydroxylation is 1. The summed E-state index contributed by atoms with van der Waals surface area (Å²) in [6.07, 6.45) is 9.25. The predicted molar refractivity (Wildman–Crippen MR) is 149 cm³/mol. The van der Waals surface area contributed by atoms with Gasteiger partial charge < -0.3 is 20.1 Å². The molecule has 1 amide bonds. The van der Waals surface area contributed by atoms with Gasteiger partial charge in [0.15, 0.2) is 0 Å². The van der Waals surface area contributed by atoms with Gasteiger partial charge in [-0.05, 0) is 86.7 Å². The first-order chi connectivity index (χ1) is 19.1. The Morgan fingerprint density at radius 3 is 2.60 bits per heavy atom. The normalized spacial score (nSPS) is 42.5. The Morgan fingerprint density at radius 1 is 1.07 bits per heavy atom. The summed E-state index contributed by atoms with van der Waals surface area (Å²) in [4.78, 5) is 24.5. The number of rotatable bonds is 6.